The molecule has 2 N–H and O–H groups in total. The zero-order valence-electron chi connectivity index (χ0n) is 18.3. The van der Waals surface area contributed by atoms with E-state index in [4.69, 9.17) is 4.74 Å². The summed E-state index contributed by atoms with van der Waals surface area (Å²) in [7, 11) is -2.54. The highest BCUT2D eigenvalue weighted by Crippen LogP contribution is 2.32. The zero-order valence-corrected chi connectivity index (χ0v) is 19.1. The fourth-order valence-electron chi connectivity index (χ4n) is 3.72. The molecule has 0 bridgehead atoms. The molecule has 0 amide bonds. The maximum Gasteiger partial charge on any atom is 0.330 e. The molecule has 6 nitrogen and oxygen atoms in total. The van der Waals surface area contributed by atoms with Gasteiger partial charge in [0.2, 0.25) is 10.0 Å². The van der Waals surface area contributed by atoms with Crippen LogP contribution in [0.15, 0.2) is 90.0 Å². The summed E-state index contributed by atoms with van der Waals surface area (Å²) in [6.07, 6.45) is 4.76. The number of aromatic amines is 1. The van der Waals surface area contributed by atoms with Gasteiger partial charge in [0, 0.05) is 23.2 Å². The molecular weight excluding hydrogens is 436 g/mol. The van der Waals surface area contributed by atoms with Gasteiger partial charge >= 0.3 is 5.97 Å². The summed E-state index contributed by atoms with van der Waals surface area (Å²) in [4.78, 5) is 15.1. The lowest BCUT2D eigenvalue weighted by Gasteiger charge is -2.21. The van der Waals surface area contributed by atoms with E-state index in [-0.39, 0.29) is 4.90 Å². The molecule has 1 heterocycles. The third-order valence-corrected chi connectivity index (χ3v) is 6.88. The molecule has 7 heteroatoms. The van der Waals surface area contributed by atoms with E-state index >= 15 is 0 Å². The number of benzene rings is 3. The molecule has 0 fully saturated rings. The quantitative estimate of drug-likeness (QED) is 0.308. The monoisotopic (exact) mass is 460 g/mol. The molecule has 168 valence electrons. The van der Waals surface area contributed by atoms with Crippen LogP contribution < -0.4 is 4.72 Å². The lowest BCUT2D eigenvalue weighted by molar-refractivity contribution is -0.134. The number of carbonyl (C=O) groups is 1. The fraction of sp³-hybridized carbons (Fsp3) is 0.115. The SMILES string of the molecule is COC(=O)/C=C/c1ccccc1[C@H](NS(=O)(=O)c1ccc(C)cc1)c1c[nH]c2ccccc12. The number of fused-ring (bicyclic) bond motifs is 1. The van der Waals surface area contributed by atoms with Crippen molar-refractivity contribution in [3.8, 4) is 0 Å². The molecule has 4 rings (SSSR count). The topological polar surface area (TPSA) is 88.3 Å². The molecule has 0 aliphatic heterocycles. The number of hydrogen-bond acceptors (Lipinski definition) is 4. The van der Waals surface area contributed by atoms with Crippen LogP contribution in [0.5, 0.6) is 0 Å². The van der Waals surface area contributed by atoms with Crippen molar-refractivity contribution in [2.45, 2.75) is 17.9 Å². The molecule has 0 unspecified atom stereocenters. The Kier molecular flexibility index (Phi) is 6.44. The predicted octanol–water partition coefficient (Wildman–Crippen LogP) is 4.73. The standard InChI is InChI=1S/C26H24N2O4S/c1-18-11-14-20(15-12-18)33(30,31)28-26(23-17-27-24-10-6-5-9-22(23)24)21-8-4-3-7-19(21)13-16-25(29)32-2/h3-17,26-28H,1-2H3/b16-13+/t26-/m0/s1. The molecule has 33 heavy (non-hydrogen) atoms. The van der Waals surface area contributed by atoms with Crippen LogP contribution in [0.25, 0.3) is 17.0 Å². The van der Waals surface area contributed by atoms with Crippen LogP contribution in [-0.4, -0.2) is 26.5 Å². The van der Waals surface area contributed by atoms with Crippen LogP contribution in [0.1, 0.15) is 28.3 Å². The van der Waals surface area contributed by atoms with Gasteiger partial charge in [-0.1, -0.05) is 60.2 Å². The van der Waals surface area contributed by atoms with Crippen molar-refractivity contribution in [3.05, 3.63) is 107 Å². The number of carbonyl (C=O) groups excluding carboxylic acids is 1. The highest BCUT2D eigenvalue weighted by molar-refractivity contribution is 7.89. The van der Waals surface area contributed by atoms with Gasteiger partial charge in [0.25, 0.3) is 0 Å². The van der Waals surface area contributed by atoms with E-state index in [1.807, 2.05) is 61.7 Å². The first-order valence-electron chi connectivity index (χ1n) is 10.4. The van der Waals surface area contributed by atoms with E-state index in [1.54, 1.807) is 30.3 Å². The number of H-pyrrole nitrogens is 1. The van der Waals surface area contributed by atoms with Crippen LogP contribution >= 0.6 is 0 Å². The second kappa shape index (κ2) is 9.44. The molecular formula is C26H24N2O4S. The summed E-state index contributed by atoms with van der Waals surface area (Å²) in [5.41, 5.74) is 4.05. The van der Waals surface area contributed by atoms with Crippen molar-refractivity contribution in [2.24, 2.45) is 0 Å². The van der Waals surface area contributed by atoms with Gasteiger partial charge in [0.15, 0.2) is 0 Å². The largest absolute Gasteiger partial charge is 0.466 e. The van der Waals surface area contributed by atoms with Crippen molar-refractivity contribution < 1.29 is 17.9 Å². The van der Waals surface area contributed by atoms with Gasteiger partial charge in [-0.25, -0.2) is 13.2 Å². The van der Waals surface area contributed by atoms with Crippen molar-refractivity contribution in [3.63, 3.8) is 0 Å². The molecule has 4 aromatic rings. The maximum absolute atomic E-state index is 13.4. The van der Waals surface area contributed by atoms with Crippen LogP contribution in [0.3, 0.4) is 0 Å². The van der Waals surface area contributed by atoms with E-state index < -0.39 is 22.0 Å². The van der Waals surface area contributed by atoms with Gasteiger partial charge in [0.1, 0.15) is 0 Å². The lowest BCUT2D eigenvalue weighted by Crippen LogP contribution is -2.30. The summed E-state index contributed by atoms with van der Waals surface area (Å²) in [6.45, 7) is 1.91. The van der Waals surface area contributed by atoms with Crippen LogP contribution in [0.2, 0.25) is 0 Å². The number of hydrogen-bond donors (Lipinski definition) is 2. The molecule has 0 radical (unpaired) electrons. The van der Waals surface area contributed by atoms with Gasteiger partial charge < -0.3 is 9.72 Å². The van der Waals surface area contributed by atoms with Crippen molar-refractivity contribution in [1.82, 2.24) is 9.71 Å². The van der Waals surface area contributed by atoms with Crippen LogP contribution in [0, 0.1) is 6.92 Å². The predicted molar refractivity (Wildman–Crippen MR) is 129 cm³/mol. The summed E-state index contributed by atoms with van der Waals surface area (Å²) in [5, 5.41) is 0.904. The maximum atomic E-state index is 13.4. The van der Waals surface area contributed by atoms with Crippen molar-refractivity contribution in [1.29, 1.82) is 0 Å². The van der Waals surface area contributed by atoms with Gasteiger partial charge in [-0.05, 0) is 47.9 Å². The van der Waals surface area contributed by atoms with E-state index in [0.717, 1.165) is 22.0 Å². The van der Waals surface area contributed by atoms with E-state index in [2.05, 4.69) is 9.71 Å². The van der Waals surface area contributed by atoms with E-state index in [0.29, 0.717) is 11.1 Å². The highest BCUT2D eigenvalue weighted by Gasteiger charge is 2.26. The first-order valence-corrected chi connectivity index (χ1v) is 11.9. The minimum absolute atomic E-state index is 0.181. The minimum Gasteiger partial charge on any atom is -0.466 e. The smallest absolute Gasteiger partial charge is 0.330 e. The lowest BCUT2D eigenvalue weighted by atomic mass is 9.94. The third kappa shape index (κ3) is 4.89. The molecule has 1 atom stereocenters. The van der Waals surface area contributed by atoms with Gasteiger partial charge in [-0.2, -0.15) is 4.72 Å². The molecule has 0 saturated heterocycles. The number of aryl methyl sites for hydroxylation is 1. The zero-order chi connectivity index (χ0) is 23.4. The Morgan fingerprint density at radius 1 is 0.970 bits per heavy atom. The van der Waals surface area contributed by atoms with Crippen molar-refractivity contribution in [2.75, 3.05) is 7.11 Å². The summed E-state index contributed by atoms with van der Waals surface area (Å²) in [6, 6.07) is 21.1. The van der Waals surface area contributed by atoms with Crippen LogP contribution in [-0.2, 0) is 19.6 Å². The number of aromatic nitrogens is 1. The van der Waals surface area contributed by atoms with Gasteiger partial charge in [-0.3, -0.25) is 0 Å². The average Bonchev–Trinajstić information content (AvgIpc) is 3.25. The molecule has 0 aliphatic rings. The Balaban J connectivity index is 1.86. The molecule has 1 aromatic heterocycles. The average molecular weight is 461 g/mol. The first-order chi connectivity index (χ1) is 15.9. The Morgan fingerprint density at radius 2 is 1.67 bits per heavy atom. The van der Waals surface area contributed by atoms with Gasteiger partial charge in [-0.15, -0.1) is 0 Å². The minimum atomic E-state index is -3.85. The molecule has 0 aliphatic carbocycles. The number of rotatable bonds is 7. The number of sulfonamides is 1. The third-order valence-electron chi connectivity index (χ3n) is 5.44. The first kappa shape index (κ1) is 22.5. The second-order valence-corrected chi connectivity index (χ2v) is 9.36. The molecule has 0 spiro atoms. The Hall–Kier alpha value is -3.68. The van der Waals surface area contributed by atoms with Crippen LogP contribution in [0.4, 0.5) is 0 Å². The number of methoxy groups -OCH3 is 1. The number of ether oxygens (including phenoxy) is 1. The van der Waals surface area contributed by atoms with E-state index in [9.17, 15) is 13.2 Å². The Bertz CT molecular complexity index is 1420. The molecule has 0 saturated carbocycles. The highest BCUT2D eigenvalue weighted by atomic mass is 32.2. The normalized spacial score (nSPS) is 12.8. The summed E-state index contributed by atoms with van der Waals surface area (Å²) >= 11 is 0. The number of para-hydroxylation sites is 1. The van der Waals surface area contributed by atoms with E-state index in [1.165, 1.54) is 13.2 Å². The Labute approximate surface area is 193 Å². The number of esters is 1. The summed E-state index contributed by atoms with van der Waals surface area (Å²) in [5.74, 6) is -0.492. The summed E-state index contributed by atoms with van der Waals surface area (Å²) < 4.78 is 34.3. The van der Waals surface area contributed by atoms with Gasteiger partial charge in [0.05, 0.1) is 18.0 Å². The fourth-order valence-corrected chi connectivity index (χ4v) is 4.91. The Morgan fingerprint density at radius 3 is 2.42 bits per heavy atom. The number of nitrogens with one attached hydrogen (secondary N) is 2. The second-order valence-electron chi connectivity index (χ2n) is 7.64. The molecule has 3 aromatic carbocycles. The van der Waals surface area contributed by atoms with Crippen molar-refractivity contribution >= 4 is 33.0 Å².